The first kappa shape index (κ1) is 27.4. The minimum atomic E-state index is -1.14. The van der Waals surface area contributed by atoms with Gasteiger partial charge < -0.3 is 31.8 Å². The third kappa shape index (κ3) is 9.69. The minimum absolute atomic E-state index is 0.0608. The Morgan fingerprint density at radius 2 is 1.75 bits per heavy atom. The second kappa shape index (κ2) is 13.7. The van der Waals surface area contributed by atoms with Crippen molar-refractivity contribution in [1.29, 1.82) is 0 Å². The summed E-state index contributed by atoms with van der Waals surface area (Å²) in [5.41, 5.74) is 6.51. The molecule has 0 aliphatic heterocycles. The van der Waals surface area contributed by atoms with E-state index in [9.17, 15) is 24.3 Å². The Morgan fingerprint density at radius 1 is 1.09 bits per heavy atom. The number of carbonyl (C=O) groups is 4. The van der Waals surface area contributed by atoms with Crippen molar-refractivity contribution in [2.24, 2.45) is 11.7 Å². The van der Waals surface area contributed by atoms with E-state index in [1.165, 1.54) is 19.4 Å². The Balaban J connectivity index is 2.81. The highest BCUT2D eigenvalue weighted by atomic mass is 32.2. The molecule has 1 aromatic heterocycles. The second-order valence-electron chi connectivity index (χ2n) is 7.99. The molecule has 32 heavy (non-hydrogen) atoms. The molecule has 3 amide bonds. The Kier molecular flexibility index (Phi) is 11.8. The van der Waals surface area contributed by atoms with Crippen LogP contribution in [0.15, 0.2) is 12.5 Å². The van der Waals surface area contributed by atoms with E-state index in [1.54, 1.807) is 11.8 Å². The van der Waals surface area contributed by atoms with E-state index in [0.29, 0.717) is 17.9 Å². The fourth-order valence-electron chi connectivity index (χ4n) is 2.85. The van der Waals surface area contributed by atoms with Crippen LogP contribution in [0.4, 0.5) is 0 Å². The van der Waals surface area contributed by atoms with Crippen molar-refractivity contribution >= 4 is 35.5 Å². The summed E-state index contributed by atoms with van der Waals surface area (Å²) in [5, 5.41) is 16.9. The zero-order valence-electron chi connectivity index (χ0n) is 18.9. The third-order valence-corrected chi connectivity index (χ3v) is 5.30. The average molecular weight is 471 g/mol. The van der Waals surface area contributed by atoms with Crippen molar-refractivity contribution in [1.82, 2.24) is 25.9 Å². The first-order valence-corrected chi connectivity index (χ1v) is 11.8. The lowest BCUT2D eigenvalue weighted by Crippen LogP contribution is -2.57. The van der Waals surface area contributed by atoms with Crippen molar-refractivity contribution in [3.05, 3.63) is 18.2 Å². The highest BCUT2D eigenvalue weighted by Crippen LogP contribution is 2.06. The molecule has 1 heterocycles. The van der Waals surface area contributed by atoms with Crippen molar-refractivity contribution < 1.29 is 24.3 Å². The molecule has 0 spiro atoms. The van der Waals surface area contributed by atoms with Crippen LogP contribution in [-0.4, -0.2) is 74.9 Å². The molecule has 0 fully saturated rings. The van der Waals surface area contributed by atoms with Crippen LogP contribution in [0.2, 0.25) is 0 Å². The quantitative estimate of drug-likeness (QED) is 0.213. The normalized spacial score (nSPS) is 14.8. The molecule has 1 rings (SSSR count). The number of carbonyl (C=O) groups excluding carboxylic acids is 3. The predicted molar refractivity (Wildman–Crippen MR) is 122 cm³/mol. The van der Waals surface area contributed by atoms with E-state index >= 15 is 0 Å². The Labute approximate surface area is 192 Å². The van der Waals surface area contributed by atoms with Gasteiger partial charge in [-0.1, -0.05) is 13.8 Å². The molecule has 0 saturated heterocycles. The average Bonchev–Trinajstić information content (AvgIpc) is 3.23. The van der Waals surface area contributed by atoms with E-state index in [-0.39, 0.29) is 18.8 Å². The molecule has 0 aromatic carbocycles. The summed E-state index contributed by atoms with van der Waals surface area (Å²) in [6.45, 7) is 5.14. The number of aromatic amines is 1. The number of rotatable bonds is 14. The summed E-state index contributed by atoms with van der Waals surface area (Å²) in [5.74, 6) is -2.08. The predicted octanol–water partition coefficient (Wildman–Crippen LogP) is -0.362. The summed E-state index contributed by atoms with van der Waals surface area (Å²) in [6.07, 6.45) is 5.71. The second-order valence-corrected chi connectivity index (χ2v) is 8.97. The maximum absolute atomic E-state index is 12.9. The van der Waals surface area contributed by atoms with E-state index in [1.807, 2.05) is 20.1 Å². The lowest BCUT2D eigenvalue weighted by Gasteiger charge is -2.23. The fourth-order valence-corrected chi connectivity index (χ4v) is 3.34. The number of hydrogen-bond donors (Lipinski definition) is 6. The largest absolute Gasteiger partial charge is 0.480 e. The molecule has 0 unspecified atom stereocenters. The molecular weight excluding hydrogens is 436 g/mol. The van der Waals surface area contributed by atoms with Gasteiger partial charge in [-0.15, -0.1) is 0 Å². The number of hydrogen-bond acceptors (Lipinski definition) is 7. The molecule has 0 bridgehead atoms. The summed E-state index contributed by atoms with van der Waals surface area (Å²) in [6, 6.07) is -3.84. The molecule has 1 aromatic rings. The lowest BCUT2D eigenvalue weighted by atomic mass is 10.0. The lowest BCUT2D eigenvalue weighted by molar-refractivity contribution is -0.142. The van der Waals surface area contributed by atoms with Crippen LogP contribution >= 0.6 is 11.8 Å². The molecule has 0 radical (unpaired) electrons. The number of nitrogens with two attached hydrogens (primary N) is 1. The summed E-state index contributed by atoms with van der Waals surface area (Å²) in [4.78, 5) is 55.9. The SMILES string of the molecule is CSCC[C@H](N)C(=O)N[C@@H](Cc1cnc[nH]1)C(=O)N[C@@H](C)C(=O)N[C@@H](CC(C)C)C(=O)O. The van der Waals surface area contributed by atoms with E-state index in [0.717, 1.165) is 0 Å². The maximum atomic E-state index is 12.9. The van der Waals surface area contributed by atoms with Gasteiger partial charge in [-0.2, -0.15) is 11.8 Å². The van der Waals surface area contributed by atoms with Gasteiger partial charge >= 0.3 is 5.97 Å². The number of amides is 3. The number of thioether (sulfide) groups is 1. The van der Waals surface area contributed by atoms with Crippen LogP contribution < -0.4 is 21.7 Å². The van der Waals surface area contributed by atoms with Gasteiger partial charge in [0.25, 0.3) is 0 Å². The molecule has 4 atom stereocenters. The van der Waals surface area contributed by atoms with E-state index in [4.69, 9.17) is 5.73 Å². The number of carboxylic acids is 1. The van der Waals surface area contributed by atoms with Crippen LogP contribution in [0, 0.1) is 5.92 Å². The van der Waals surface area contributed by atoms with Gasteiger partial charge in [-0.25, -0.2) is 9.78 Å². The van der Waals surface area contributed by atoms with Gasteiger partial charge in [-0.05, 0) is 37.7 Å². The number of nitrogens with zero attached hydrogens (tertiary/aromatic N) is 1. The van der Waals surface area contributed by atoms with E-state index in [2.05, 4.69) is 25.9 Å². The van der Waals surface area contributed by atoms with Gasteiger partial charge in [0.1, 0.15) is 18.1 Å². The molecule has 0 aliphatic carbocycles. The highest BCUT2D eigenvalue weighted by Gasteiger charge is 2.29. The van der Waals surface area contributed by atoms with Gasteiger partial charge in [0.05, 0.1) is 12.4 Å². The molecule has 11 nitrogen and oxygen atoms in total. The summed E-state index contributed by atoms with van der Waals surface area (Å²) in [7, 11) is 0. The van der Waals surface area contributed by atoms with Crippen LogP contribution in [0.25, 0.3) is 0 Å². The zero-order chi connectivity index (χ0) is 24.3. The molecule has 12 heteroatoms. The Hall–Kier alpha value is -2.60. The molecule has 0 saturated carbocycles. The first-order chi connectivity index (χ1) is 15.0. The topological polar surface area (TPSA) is 179 Å². The third-order valence-electron chi connectivity index (χ3n) is 4.66. The van der Waals surface area contributed by atoms with Crippen molar-refractivity contribution in [2.45, 2.75) is 64.2 Å². The van der Waals surface area contributed by atoms with Gasteiger partial charge in [-0.3, -0.25) is 14.4 Å². The van der Waals surface area contributed by atoms with E-state index < -0.39 is 47.9 Å². The number of imidazole rings is 1. The molecule has 180 valence electrons. The zero-order valence-corrected chi connectivity index (χ0v) is 19.7. The van der Waals surface area contributed by atoms with Crippen molar-refractivity contribution in [2.75, 3.05) is 12.0 Å². The first-order valence-electron chi connectivity index (χ1n) is 10.4. The molecular formula is C20H34N6O5S. The van der Waals surface area contributed by atoms with Gasteiger partial charge in [0, 0.05) is 18.3 Å². The number of nitrogens with one attached hydrogen (secondary N) is 4. The fraction of sp³-hybridized carbons (Fsp3) is 0.650. The van der Waals surface area contributed by atoms with Crippen LogP contribution in [0.3, 0.4) is 0 Å². The van der Waals surface area contributed by atoms with Crippen molar-refractivity contribution in [3.8, 4) is 0 Å². The summed E-state index contributed by atoms with van der Waals surface area (Å²) >= 11 is 1.56. The standard InChI is InChI=1S/C20H34N6O5S/c1-11(2)7-16(20(30)31)26-17(27)12(3)24-19(29)15(8-13-9-22-10-23-13)25-18(28)14(21)5-6-32-4/h9-12,14-16H,5-8,21H2,1-4H3,(H,22,23)(H,24,29)(H,25,28)(H,26,27)(H,30,31)/t12-,14-,15-,16-/m0/s1. The smallest absolute Gasteiger partial charge is 0.326 e. The Morgan fingerprint density at radius 3 is 2.28 bits per heavy atom. The summed E-state index contributed by atoms with van der Waals surface area (Å²) < 4.78 is 0. The van der Waals surface area contributed by atoms with Crippen molar-refractivity contribution in [3.63, 3.8) is 0 Å². The number of H-pyrrole nitrogens is 1. The molecule has 0 aliphatic rings. The number of aromatic nitrogens is 2. The number of aliphatic carboxylic acids is 1. The molecule has 7 N–H and O–H groups in total. The van der Waals surface area contributed by atoms with Crippen LogP contribution in [0.5, 0.6) is 0 Å². The van der Waals surface area contributed by atoms with Gasteiger partial charge in [0.15, 0.2) is 0 Å². The monoisotopic (exact) mass is 470 g/mol. The van der Waals surface area contributed by atoms with Crippen LogP contribution in [0.1, 0.15) is 39.3 Å². The number of carboxylic acid groups (broad SMARTS) is 1. The Bertz CT molecular complexity index is 758. The van der Waals surface area contributed by atoms with Crippen LogP contribution in [-0.2, 0) is 25.6 Å². The minimum Gasteiger partial charge on any atom is -0.480 e. The maximum Gasteiger partial charge on any atom is 0.326 e. The highest BCUT2D eigenvalue weighted by molar-refractivity contribution is 7.98. The van der Waals surface area contributed by atoms with Gasteiger partial charge in [0.2, 0.25) is 17.7 Å².